The third kappa shape index (κ3) is 2.56. The smallest absolute Gasteiger partial charge is 0.0288 e. The highest BCUT2D eigenvalue weighted by molar-refractivity contribution is 5.40. The first kappa shape index (κ1) is 11.5. The first-order valence-electron chi connectivity index (χ1n) is 5.82. The number of allylic oxidation sites excluding steroid dienone is 1. The van der Waals surface area contributed by atoms with Crippen LogP contribution < -0.4 is 5.73 Å². The van der Waals surface area contributed by atoms with Gasteiger partial charge in [-0.1, -0.05) is 60.7 Å². The lowest BCUT2D eigenvalue weighted by atomic mass is 9.88. The Kier molecular flexibility index (Phi) is 3.61. The minimum atomic E-state index is 0.238. The minimum Gasteiger partial charge on any atom is -0.405 e. The molecule has 0 saturated heterocycles. The predicted molar refractivity (Wildman–Crippen MR) is 72.8 cm³/mol. The molecule has 0 heterocycles. The molecule has 1 nitrogen and oxygen atoms in total. The SMILES string of the molecule is Cc1ccccc1C(C=CN)c1ccccc1. The molecule has 2 rings (SSSR count). The third-order valence-electron chi connectivity index (χ3n) is 2.99. The van der Waals surface area contributed by atoms with E-state index in [0.29, 0.717) is 0 Å². The Morgan fingerprint density at radius 2 is 1.59 bits per heavy atom. The number of nitrogens with two attached hydrogens (primary N) is 1. The summed E-state index contributed by atoms with van der Waals surface area (Å²) in [4.78, 5) is 0. The lowest BCUT2D eigenvalue weighted by Crippen LogP contribution is -2.01. The summed E-state index contributed by atoms with van der Waals surface area (Å²) < 4.78 is 0. The molecule has 1 unspecified atom stereocenters. The maximum absolute atomic E-state index is 5.57. The molecule has 1 atom stereocenters. The van der Waals surface area contributed by atoms with Gasteiger partial charge < -0.3 is 5.73 Å². The van der Waals surface area contributed by atoms with Gasteiger partial charge in [0.05, 0.1) is 0 Å². The molecule has 0 spiro atoms. The van der Waals surface area contributed by atoms with Crippen LogP contribution in [0.1, 0.15) is 22.6 Å². The number of hydrogen-bond donors (Lipinski definition) is 1. The lowest BCUT2D eigenvalue weighted by Gasteiger charge is -2.16. The quantitative estimate of drug-likeness (QED) is 0.845. The van der Waals surface area contributed by atoms with Crippen LogP contribution in [-0.4, -0.2) is 0 Å². The Balaban J connectivity index is 2.47. The summed E-state index contributed by atoms with van der Waals surface area (Å²) in [7, 11) is 0. The Labute approximate surface area is 103 Å². The van der Waals surface area contributed by atoms with E-state index in [-0.39, 0.29) is 5.92 Å². The zero-order chi connectivity index (χ0) is 12.1. The minimum absolute atomic E-state index is 0.238. The molecule has 17 heavy (non-hydrogen) atoms. The molecule has 0 fully saturated rings. The molecule has 2 N–H and O–H groups in total. The van der Waals surface area contributed by atoms with E-state index in [1.54, 1.807) is 6.20 Å². The first-order valence-corrected chi connectivity index (χ1v) is 5.82. The first-order chi connectivity index (χ1) is 8.33. The van der Waals surface area contributed by atoms with Gasteiger partial charge in [0.15, 0.2) is 0 Å². The summed E-state index contributed by atoms with van der Waals surface area (Å²) in [6.45, 7) is 2.13. The monoisotopic (exact) mass is 223 g/mol. The Morgan fingerprint density at radius 1 is 0.941 bits per heavy atom. The number of benzene rings is 2. The number of aryl methyl sites for hydroxylation is 1. The maximum atomic E-state index is 5.57. The van der Waals surface area contributed by atoms with E-state index in [1.165, 1.54) is 16.7 Å². The molecular weight excluding hydrogens is 206 g/mol. The highest BCUT2D eigenvalue weighted by atomic mass is 14.5. The van der Waals surface area contributed by atoms with Gasteiger partial charge in [0.2, 0.25) is 0 Å². The van der Waals surface area contributed by atoms with Crippen molar-refractivity contribution in [2.75, 3.05) is 0 Å². The van der Waals surface area contributed by atoms with E-state index in [1.807, 2.05) is 12.1 Å². The van der Waals surface area contributed by atoms with E-state index >= 15 is 0 Å². The lowest BCUT2D eigenvalue weighted by molar-refractivity contribution is 1.00. The molecule has 0 radical (unpaired) electrons. The third-order valence-corrected chi connectivity index (χ3v) is 2.99. The van der Waals surface area contributed by atoms with Crippen LogP contribution in [0.25, 0.3) is 0 Å². The fourth-order valence-corrected chi connectivity index (χ4v) is 2.10. The molecule has 0 aromatic heterocycles. The highest BCUT2D eigenvalue weighted by Gasteiger charge is 2.11. The van der Waals surface area contributed by atoms with E-state index in [0.717, 1.165) is 0 Å². The van der Waals surface area contributed by atoms with Gasteiger partial charge in [-0.15, -0.1) is 0 Å². The van der Waals surface area contributed by atoms with Gasteiger partial charge in [0, 0.05) is 5.92 Å². The average molecular weight is 223 g/mol. The second-order valence-corrected chi connectivity index (χ2v) is 4.13. The molecule has 1 heteroatoms. The largest absolute Gasteiger partial charge is 0.405 e. The fourth-order valence-electron chi connectivity index (χ4n) is 2.10. The van der Waals surface area contributed by atoms with E-state index in [9.17, 15) is 0 Å². The van der Waals surface area contributed by atoms with Crippen LogP contribution in [0.15, 0.2) is 66.9 Å². The van der Waals surface area contributed by atoms with Crippen molar-refractivity contribution in [3.63, 3.8) is 0 Å². The van der Waals surface area contributed by atoms with Crippen LogP contribution >= 0.6 is 0 Å². The Hall–Kier alpha value is -2.02. The second kappa shape index (κ2) is 5.35. The van der Waals surface area contributed by atoms with Gasteiger partial charge in [0.25, 0.3) is 0 Å². The van der Waals surface area contributed by atoms with Crippen LogP contribution in [-0.2, 0) is 0 Å². The molecule has 2 aromatic carbocycles. The summed E-state index contributed by atoms with van der Waals surface area (Å²) in [5, 5.41) is 0. The molecule has 0 bridgehead atoms. The van der Waals surface area contributed by atoms with Crippen molar-refractivity contribution in [2.45, 2.75) is 12.8 Å². The van der Waals surface area contributed by atoms with Gasteiger partial charge in [0.1, 0.15) is 0 Å². The van der Waals surface area contributed by atoms with Crippen LogP contribution in [0.4, 0.5) is 0 Å². The van der Waals surface area contributed by atoms with Gasteiger partial charge in [-0.2, -0.15) is 0 Å². The van der Waals surface area contributed by atoms with Crippen LogP contribution in [0.2, 0.25) is 0 Å². The van der Waals surface area contributed by atoms with Gasteiger partial charge in [-0.25, -0.2) is 0 Å². The summed E-state index contributed by atoms with van der Waals surface area (Å²) >= 11 is 0. The van der Waals surface area contributed by atoms with Gasteiger partial charge in [-0.05, 0) is 29.8 Å². The van der Waals surface area contributed by atoms with E-state index in [2.05, 4.69) is 55.5 Å². The summed E-state index contributed by atoms with van der Waals surface area (Å²) in [5.41, 5.74) is 9.44. The average Bonchev–Trinajstić information content (AvgIpc) is 2.38. The predicted octanol–water partition coefficient (Wildman–Crippen LogP) is 3.60. The van der Waals surface area contributed by atoms with E-state index < -0.39 is 0 Å². The molecule has 2 aromatic rings. The topological polar surface area (TPSA) is 26.0 Å². The van der Waals surface area contributed by atoms with Crippen molar-refractivity contribution in [2.24, 2.45) is 5.73 Å². The number of hydrogen-bond acceptors (Lipinski definition) is 1. The zero-order valence-electron chi connectivity index (χ0n) is 10.0. The summed E-state index contributed by atoms with van der Waals surface area (Å²) in [6, 6.07) is 18.9. The van der Waals surface area contributed by atoms with Gasteiger partial charge in [-0.3, -0.25) is 0 Å². The Morgan fingerprint density at radius 3 is 2.24 bits per heavy atom. The van der Waals surface area contributed by atoms with Crippen molar-refractivity contribution in [3.8, 4) is 0 Å². The van der Waals surface area contributed by atoms with Crippen molar-refractivity contribution < 1.29 is 0 Å². The standard InChI is InChI=1S/C16H17N/c1-13-7-5-6-10-15(13)16(11-12-17)14-8-3-2-4-9-14/h2-12,16H,17H2,1H3. The van der Waals surface area contributed by atoms with Gasteiger partial charge >= 0.3 is 0 Å². The second-order valence-electron chi connectivity index (χ2n) is 4.13. The fraction of sp³-hybridized carbons (Fsp3) is 0.125. The summed E-state index contributed by atoms with van der Waals surface area (Å²) in [5.74, 6) is 0.238. The van der Waals surface area contributed by atoms with Crippen LogP contribution in [0.5, 0.6) is 0 Å². The molecule has 0 saturated carbocycles. The maximum Gasteiger partial charge on any atom is 0.0288 e. The molecule has 86 valence electrons. The normalized spacial score (nSPS) is 12.8. The van der Waals surface area contributed by atoms with Crippen molar-refractivity contribution in [1.82, 2.24) is 0 Å². The molecule has 0 amide bonds. The zero-order valence-corrected chi connectivity index (χ0v) is 10.0. The van der Waals surface area contributed by atoms with Crippen molar-refractivity contribution in [1.29, 1.82) is 0 Å². The molecule has 0 aliphatic carbocycles. The summed E-state index contributed by atoms with van der Waals surface area (Å²) in [6.07, 6.45) is 3.67. The van der Waals surface area contributed by atoms with E-state index in [4.69, 9.17) is 5.73 Å². The molecule has 0 aliphatic heterocycles. The van der Waals surface area contributed by atoms with Crippen molar-refractivity contribution in [3.05, 3.63) is 83.6 Å². The highest BCUT2D eigenvalue weighted by Crippen LogP contribution is 2.27. The van der Waals surface area contributed by atoms with Crippen LogP contribution in [0, 0.1) is 6.92 Å². The molecular formula is C16H17N. The van der Waals surface area contributed by atoms with Crippen LogP contribution in [0.3, 0.4) is 0 Å². The number of rotatable bonds is 3. The van der Waals surface area contributed by atoms with Crippen molar-refractivity contribution >= 4 is 0 Å². The molecule has 0 aliphatic rings. The Bertz CT molecular complexity index is 500.